The van der Waals surface area contributed by atoms with Crippen molar-refractivity contribution in [1.82, 2.24) is 9.78 Å². The third-order valence-electron chi connectivity index (χ3n) is 5.20. The van der Waals surface area contributed by atoms with Gasteiger partial charge in [0.05, 0.1) is 11.7 Å². The minimum atomic E-state index is 0.648. The number of rotatable bonds is 5. The third kappa shape index (κ3) is 3.02. The normalized spacial score (nSPS) is 23.2. The summed E-state index contributed by atoms with van der Waals surface area (Å²) in [5, 5.41) is 4.81. The van der Waals surface area contributed by atoms with Crippen molar-refractivity contribution in [2.75, 3.05) is 6.54 Å². The van der Waals surface area contributed by atoms with Crippen molar-refractivity contribution in [2.24, 2.45) is 17.6 Å². The lowest BCUT2D eigenvalue weighted by atomic mass is 9.87. The van der Waals surface area contributed by atoms with E-state index in [1.54, 1.807) is 0 Å². The Kier molecular flexibility index (Phi) is 4.21. The van der Waals surface area contributed by atoms with E-state index in [4.69, 9.17) is 10.8 Å². The van der Waals surface area contributed by atoms with Crippen LogP contribution in [0.15, 0.2) is 12.3 Å². The van der Waals surface area contributed by atoms with Crippen molar-refractivity contribution in [1.29, 1.82) is 0 Å². The van der Waals surface area contributed by atoms with Crippen LogP contribution in [0, 0.1) is 11.8 Å². The SMILES string of the molecule is NCC(Cc1ccn(C2CCCC2)n1)C1CCCC1. The van der Waals surface area contributed by atoms with Crippen molar-refractivity contribution in [2.45, 2.75) is 63.8 Å². The fraction of sp³-hybridized carbons (Fsp3) is 0.812. The van der Waals surface area contributed by atoms with Gasteiger partial charge in [-0.15, -0.1) is 0 Å². The maximum absolute atomic E-state index is 5.99. The Labute approximate surface area is 116 Å². The van der Waals surface area contributed by atoms with Gasteiger partial charge in [0.2, 0.25) is 0 Å². The van der Waals surface area contributed by atoms with E-state index in [2.05, 4.69) is 16.9 Å². The van der Waals surface area contributed by atoms with Gasteiger partial charge in [-0.3, -0.25) is 4.68 Å². The molecule has 106 valence electrons. The molecule has 0 bridgehead atoms. The van der Waals surface area contributed by atoms with Crippen LogP contribution in [0.4, 0.5) is 0 Å². The highest BCUT2D eigenvalue weighted by Crippen LogP contribution is 2.33. The van der Waals surface area contributed by atoms with Gasteiger partial charge in [0.25, 0.3) is 0 Å². The van der Waals surface area contributed by atoms with E-state index in [0.717, 1.165) is 18.9 Å². The Balaban J connectivity index is 1.61. The van der Waals surface area contributed by atoms with E-state index < -0.39 is 0 Å². The molecule has 1 heterocycles. The highest BCUT2D eigenvalue weighted by atomic mass is 15.3. The minimum absolute atomic E-state index is 0.648. The smallest absolute Gasteiger partial charge is 0.0628 e. The standard InChI is InChI=1S/C16H27N3/c17-12-14(13-5-1-2-6-13)11-15-9-10-19(18-15)16-7-3-4-8-16/h9-10,13-14,16H,1-8,11-12,17H2. The maximum Gasteiger partial charge on any atom is 0.0628 e. The van der Waals surface area contributed by atoms with Crippen LogP contribution < -0.4 is 5.73 Å². The summed E-state index contributed by atoms with van der Waals surface area (Å²) in [6.07, 6.45) is 14.2. The van der Waals surface area contributed by atoms with Gasteiger partial charge in [-0.05, 0) is 43.7 Å². The van der Waals surface area contributed by atoms with Crippen molar-refractivity contribution in [3.8, 4) is 0 Å². The number of aromatic nitrogens is 2. The highest BCUT2D eigenvalue weighted by Gasteiger charge is 2.25. The van der Waals surface area contributed by atoms with Gasteiger partial charge in [0, 0.05) is 6.20 Å². The molecule has 3 heteroatoms. The number of hydrogen-bond donors (Lipinski definition) is 1. The van der Waals surface area contributed by atoms with Crippen molar-refractivity contribution in [3.05, 3.63) is 18.0 Å². The number of nitrogens with two attached hydrogens (primary N) is 1. The maximum atomic E-state index is 5.99. The second kappa shape index (κ2) is 6.08. The molecule has 0 aliphatic heterocycles. The molecule has 3 rings (SSSR count). The lowest BCUT2D eigenvalue weighted by Crippen LogP contribution is -2.24. The predicted molar refractivity (Wildman–Crippen MR) is 77.9 cm³/mol. The largest absolute Gasteiger partial charge is 0.330 e. The molecule has 0 spiro atoms. The van der Waals surface area contributed by atoms with Crippen molar-refractivity contribution in [3.63, 3.8) is 0 Å². The molecule has 1 atom stereocenters. The van der Waals surface area contributed by atoms with E-state index in [-0.39, 0.29) is 0 Å². The van der Waals surface area contributed by atoms with E-state index >= 15 is 0 Å². The first-order chi connectivity index (χ1) is 9.36. The van der Waals surface area contributed by atoms with Crippen LogP contribution in [0.1, 0.15) is 63.1 Å². The molecular weight excluding hydrogens is 234 g/mol. The van der Waals surface area contributed by atoms with Gasteiger partial charge in [-0.1, -0.05) is 38.5 Å². The van der Waals surface area contributed by atoms with Crippen LogP contribution >= 0.6 is 0 Å². The van der Waals surface area contributed by atoms with Crippen molar-refractivity contribution < 1.29 is 0 Å². The topological polar surface area (TPSA) is 43.8 Å². The Morgan fingerprint density at radius 3 is 2.53 bits per heavy atom. The summed E-state index contributed by atoms with van der Waals surface area (Å²) in [6, 6.07) is 2.88. The molecule has 0 amide bonds. The van der Waals surface area contributed by atoms with Gasteiger partial charge in [-0.25, -0.2) is 0 Å². The molecule has 1 unspecified atom stereocenters. The van der Waals surface area contributed by atoms with Crippen LogP contribution in [-0.2, 0) is 6.42 Å². The average Bonchev–Trinajstić information content (AvgIpc) is 3.15. The van der Waals surface area contributed by atoms with E-state index in [1.165, 1.54) is 57.1 Å². The molecule has 0 aromatic carbocycles. The van der Waals surface area contributed by atoms with Gasteiger partial charge < -0.3 is 5.73 Å². The summed E-state index contributed by atoms with van der Waals surface area (Å²) >= 11 is 0. The first-order valence-corrected chi connectivity index (χ1v) is 8.11. The summed E-state index contributed by atoms with van der Waals surface area (Å²) in [4.78, 5) is 0. The third-order valence-corrected chi connectivity index (χ3v) is 5.20. The van der Waals surface area contributed by atoms with Crippen LogP contribution in [-0.4, -0.2) is 16.3 Å². The van der Waals surface area contributed by atoms with Crippen LogP contribution in [0.25, 0.3) is 0 Å². The molecule has 2 saturated carbocycles. The highest BCUT2D eigenvalue weighted by molar-refractivity contribution is 5.02. The second-order valence-corrected chi connectivity index (χ2v) is 6.47. The van der Waals surface area contributed by atoms with Crippen LogP contribution in [0.5, 0.6) is 0 Å². The molecule has 2 fully saturated rings. The molecule has 3 nitrogen and oxygen atoms in total. The number of hydrogen-bond acceptors (Lipinski definition) is 2. The lowest BCUT2D eigenvalue weighted by molar-refractivity contribution is 0.340. The Hall–Kier alpha value is -0.830. The van der Waals surface area contributed by atoms with Gasteiger partial charge in [0.1, 0.15) is 0 Å². The molecule has 1 aromatic rings. The zero-order valence-electron chi connectivity index (χ0n) is 11.9. The summed E-state index contributed by atoms with van der Waals surface area (Å²) in [6.45, 7) is 0.820. The average molecular weight is 261 g/mol. The first kappa shape index (κ1) is 13.2. The zero-order chi connectivity index (χ0) is 13.1. The lowest BCUT2D eigenvalue weighted by Gasteiger charge is -2.20. The molecule has 2 N–H and O–H groups in total. The minimum Gasteiger partial charge on any atom is -0.330 e. The fourth-order valence-electron chi connectivity index (χ4n) is 4.00. The fourth-order valence-corrected chi connectivity index (χ4v) is 4.00. The first-order valence-electron chi connectivity index (χ1n) is 8.11. The Morgan fingerprint density at radius 2 is 1.84 bits per heavy atom. The molecule has 2 aliphatic rings. The van der Waals surface area contributed by atoms with Gasteiger partial charge in [-0.2, -0.15) is 5.10 Å². The molecule has 1 aromatic heterocycles. The predicted octanol–water partition coefficient (Wildman–Crippen LogP) is 3.31. The molecule has 2 aliphatic carbocycles. The number of nitrogens with zero attached hydrogens (tertiary/aromatic N) is 2. The van der Waals surface area contributed by atoms with Gasteiger partial charge in [0.15, 0.2) is 0 Å². The molecule has 0 saturated heterocycles. The van der Waals surface area contributed by atoms with Gasteiger partial charge >= 0.3 is 0 Å². The summed E-state index contributed by atoms with van der Waals surface area (Å²) < 4.78 is 2.21. The van der Waals surface area contributed by atoms with Crippen LogP contribution in [0.2, 0.25) is 0 Å². The Bertz CT molecular complexity index is 386. The van der Waals surface area contributed by atoms with E-state index in [9.17, 15) is 0 Å². The molecular formula is C16H27N3. The van der Waals surface area contributed by atoms with E-state index in [1.807, 2.05) is 0 Å². The zero-order valence-corrected chi connectivity index (χ0v) is 11.9. The monoisotopic (exact) mass is 261 g/mol. The quantitative estimate of drug-likeness (QED) is 0.883. The van der Waals surface area contributed by atoms with Crippen molar-refractivity contribution >= 4 is 0 Å². The second-order valence-electron chi connectivity index (χ2n) is 6.47. The molecule has 0 radical (unpaired) electrons. The summed E-state index contributed by atoms with van der Waals surface area (Å²) in [5.41, 5.74) is 7.25. The Morgan fingerprint density at radius 1 is 1.16 bits per heavy atom. The summed E-state index contributed by atoms with van der Waals surface area (Å²) in [5.74, 6) is 1.50. The molecule has 19 heavy (non-hydrogen) atoms. The summed E-state index contributed by atoms with van der Waals surface area (Å²) in [7, 11) is 0. The van der Waals surface area contributed by atoms with Crippen LogP contribution in [0.3, 0.4) is 0 Å². The van der Waals surface area contributed by atoms with E-state index in [0.29, 0.717) is 12.0 Å².